The van der Waals surface area contributed by atoms with Crippen molar-refractivity contribution in [2.24, 2.45) is 0 Å². The highest BCUT2D eigenvalue weighted by molar-refractivity contribution is 8.46. The molecule has 1 fully saturated rings. The quantitative estimate of drug-likeness (QED) is 0.469. The molecule has 0 saturated carbocycles. The van der Waals surface area contributed by atoms with Gasteiger partial charge in [0.15, 0.2) is 0 Å². The minimum Gasteiger partial charge on any atom is -0.297 e. The molecule has 1 N–H and O–H groups in total. The highest BCUT2D eigenvalue weighted by atomic mass is 32.3. The molecular formula is C6H17NS. The molecule has 2 heteroatoms. The van der Waals surface area contributed by atoms with Crippen LogP contribution in [0.1, 0.15) is 6.42 Å². The zero-order valence-corrected chi connectivity index (χ0v) is 6.96. The Labute approximate surface area is 52.3 Å². The normalized spacial score (nSPS) is 38.1. The van der Waals surface area contributed by atoms with Gasteiger partial charge in [-0.2, -0.15) is 0 Å². The summed E-state index contributed by atoms with van der Waals surface area (Å²) in [5.74, 6) is 1.44. The van der Waals surface area contributed by atoms with Crippen LogP contribution in [0, 0.1) is 0 Å². The fourth-order valence-corrected chi connectivity index (χ4v) is 3.62. The van der Waals surface area contributed by atoms with Crippen molar-refractivity contribution in [3.05, 3.63) is 0 Å². The summed E-state index contributed by atoms with van der Waals surface area (Å²) in [5, 5.41) is 0. The van der Waals surface area contributed by atoms with E-state index < -0.39 is 9.35 Å². The van der Waals surface area contributed by atoms with E-state index in [1.807, 2.05) is 0 Å². The molecule has 0 bridgehead atoms. The number of thiol groups is 1. The summed E-state index contributed by atoms with van der Waals surface area (Å²) in [6.45, 7) is 1.25. The van der Waals surface area contributed by atoms with Gasteiger partial charge >= 0.3 is 0 Å². The molecule has 1 heterocycles. The Morgan fingerprint density at radius 2 is 1.88 bits per heavy atom. The monoisotopic (exact) mass is 135 g/mol. The molecule has 1 saturated heterocycles. The van der Waals surface area contributed by atoms with E-state index in [1.165, 1.54) is 18.7 Å². The van der Waals surface area contributed by atoms with Crippen molar-refractivity contribution < 1.29 is 0 Å². The molecular weight excluding hydrogens is 118 g/mol. The Morgan fingerprint density at radius 3 is 2.00 bits per heavy atom. The highest BCUT2D eigenvalue weighted by Crippen LogP contribution is 2.58. The summed E-state index contributed by atoms with van der Waals surface area (Å²) >= 11 is 0. The van der Waals surface area contributed by atoms with Crippen LogP contribution in [0.3, 0.4) is 0 Å². The number of hydrogen-bond acceptors (Lipinski definition) is 1. The first-order valence-corrected chi connectivity index (χ1v) is 7.00. The molecule has 8 heavy (non-hydrogen) atoms. The molecule has 52 valence electrons. The lowest BCUT2D eigenvalue weighted by Crippen LogP contribution is -2.25. The predicted octanol–water partition coefficient (Wildman–Crippen LogP) is 0.857. The fraction of sp³-hybridized carbons (Fsp3) is 1.00. The van der Waals surface area contributed by atoms with Crippen molar-refractivity contribution in [2.45, 2.75) is 6.42 Å². The zero-order valence-electron chi connectivity index (χ0n) is 6.07. The van der Waals surface area contributed by atoms with Crippen molar-refractivity contribution in [1.29, 1.82) is 0 Å². The second-order valence-electron chi connectivity index (χ2n) is 4.10. The lowest BCUT2D eigenvalue weighted by Gasteiger charge is -2.47. The third kappa shape index (κ3) is 1.39. The topological polar surface area (TPSA) is 12.0 Å². The first-order valence-electron chi connectivity index (χ1n) is 3.24. The van der Waals surface area contributed by atoms with Crippen LogP contribution in [-0.2, 0) is 0 Å². The zero-order chi connectivity index (χ0) is 6.28. The van der Waals surface area contributed by atoms with Gasteiger partial charge in [0.25, 0.3) is 0 Å². The van der Waals surface area contributed by atoms with Crippen molar-refractivity contribution >= 4 is 9.35 Å². The van der Waals surface area contributed by atoms with E-state index in [4.69, 9.17) is 0 Å². The van der Waals surface area contributed by atoms with Crippen LogP contribution in [0.5, 0.6) is 0 Å². The van der Waals surface area contributed by atoms with Gasteiger partial charge in [-0.3, -0.25) is 14.1 Å². The van der Waals surface area contributed by atoms with Crippen LogP contribution in [0.15, 0.2) is 0 Å². The van der Waals surface area contributed by atoms with Gasteiger partial charge in [-0.1, -0.05) is 0 Å². The van der Waals surface area contributed by atoms with Gasteiger partial charge in [0.2, 0.25) is 0 Å². The number of hydrogen-bond donors (Lipinski definition) is 2. The maximum atomic E-state index is 3.60. The van der Waals surface area contributed by atoms with Gasteiger partial charge in [-0.05, 0) is 30.9 Å². The molecule has 0 atom stereocenters. The maximum absolute atomic E-state index is 3.60. The van der Waals surface area contributed by atoms with Crippen LogP contribution < -0.4 is 4.72 Å². The SMILES string of the molecule is C[SH]1(C)(C)CCCN1. The second-order valence-corrected chi connectivity index (χ2v) is 11.1. The molecule has 0 aromatic rings. The van der Waals surface area contributed by atoms with Crippen molar-refractivity contribution in [1.82, 2.24) is 4.72 Å². The predicted molar refractivity (Wildman–Crippen MR) is 44.2 cm³/mol. The largest absolute Gasteiger partial charge is 0.297 e. The third-order valence-corrected chi connectivity index (χ3v) is 5.09. The molecule has 0 spiro atoms. The smallest absolute Gasteiger partial charge is 0.00343 e. The van der Waals surface area contributed by atoms with Crippen LogP contribution in [0.2, 0.25) is 0 Å². The number of nitrogens with one attached hydrogen (secondary N) is 1. The van der Waals surface area contributed by atoms with Gasteiger partial charge < -0.3 is 0 Å². The first-order chi connectivity index (χ1) is 3.47. The average molecular weight is 135 g/mol. The summed E-state index contributed by atoms with van der Waals surface area (Å²) in [7, 11) is -1.24. The van der Waals surface area contributed by atoms with E-state index in [0.29, 0.717) is 0 Å². The lowest BCUT2D eigenvalue weighted by atomic mass is 10.5. The minimum absolute atomic E-state index is 1.24. The lowest BCUT2D eigenvalue weighted by molar-refractivity contribution is 0.938. The van der Waals surface area contributed by atoms with Gasteiger partial charge in [-0.15, -0.1) is 0 Å². The average Bonchev–Trinajstić information content (AvgIpc) is 1.81. The van der Waals surface area contributed by atoms with E-state index in [-0.39, 0.29) is 0 Å². The van der Waals surface area contributed by atoms with Crippen LogP contribution in [-0.4, -0.2) is 31.1 Å². The molecule has 1 nitrogen and oxygen atoms in total. The summed E-state index contributed by atoms with van der Waals surface area (Å²) in [6, 6.07) is 0. The van der Waals surface area contributed by atoms with Crippen molar-refractivity contribution in [2.75, 3.05) is 31.1 Å². The number of rotatable bonds is 0. The molecule has 0 aromatic carbocycles. The Morgan fingerprint density at radius 1 is 1.25 bits per heavy atom. The maximum Gasteiger partial charge on any atom is 0.00343 e. The van der Waals surface area contributed by atoms with E-state index in [0.717, 1.165) is 0 Å². The Kier molecular flexibility index (Phi) is 1.14. The molecule has 0 aliphatic carbocycles. The molecule has 1 aliphatic heterocycles. The summed E-state index contributed by atoms with van der Waals surface area (Å²) < 4.78 is 3.60. The fourth-order valence-electron chi connectivity index (χ4n) is 1.21. The van der Waals surface area contributed by atoms with Crippen LogP contribution >= 0.6 is 9.35 Å². The van der Waals surface area contributed by atoms with Crippen LogP contribution in [0.4, 0.5) is 0 Å². The van der Waals surface area contributed by atoms with E-state index in [2.05, 4.69) is 23.5 Å². The van der Waals surface area contributed by atoms with Gasteiger partial charge in [0.1, 0.15) is 0 Å². The standard InChI is InChI=1S/C6H17NS/c1-8(2,3)6-4-5-7-8/h7-8H,4-6H2,1-3H3. The van der Waals surface area contributed by atoms with Gasteiger partial charge in [-0.25, -0.2) is 0 Å². The van der Waals surface area contributed by atoms with E-state index in [9.17, 15) is 0 Å². The van der Waals surface area contributed by atoms with Crippen molar-refractivity contribution in [3.63, 3.8) is 0 Å². The van der Waals surface area contributed by atoms with E-state index >= 15 is 0 Å². The molecule has 0 unspecified atom stereocenters. The summed E-state index contributed by atoms with van der Waals surface area (Å²) in [4.78, 5) is 0. The van der Waals surface area contributed by atoms with Crippen LogP contribution in [0.25, 0.3) is 0 Å². The Hall–Kier alpha value is 0.310. The molecule has 0 radical (unpaired) electrons. The Bertz CT molecular complexity index is 90.8. The molecule has 0 amide bonds. The molecule has 1 rings (SSSR count). The minimum atomic E-state index is -1.24. The van der Waals surface area contributed by atoms with Gasteiger partial charge in [0.05, 0.1) is 0 Å². The first kappa shape index (κ1) is 6.43. The summed E-state index contributed by atoms with van der Waals surface area (Å²) in [5.41, 5.74) is 0. The third-order valence-electron chi connectivity index (χ3n) is 1.82. The molecule has 1 aliphatic rings. The highest BCUT2D eigenvalue weighted by Gasteiger charge is 2.27. The van der Waals surface area contributed by atoms with Crippen molar-refractivity contribution in [3.8, 4) is 0 Å². The van der Waals surface area contributed by atoms with Gasteiger partial charge in [0, 0.05) is 6.54 Å². The second kappa shape index (κ2) is 1.42. The Balaban J connectivity index is 2.67. The van der Waals surface area contributed by atoms with E-state index in [1.54, 1.807) is 0 Å². The summed E-state index contributed by atoms with van der Waals surface area (Å²) in [6.07, 6.45) is 8.59. The molecule has 0 aromatic heterocycles.